The third kappa shape index (κ3) is 10.1. The number of hydrogen-bond donors (Lipinski definition) is 3. The van der Waals surface area contributed by atoms with Gasteiger partial charge in [0.1, 0.15) is 17.7 Å². The van der Waals surface area contributed by atoms with Gasteiger partial charge in [-0.25, -0.2) is 4.79 Å². The van der Waals surface area contributed by atoms with Gasteiger partial charge in [-0.2, -0.15) is 0 Å². The van der Waals surface area contributed by atoms with E-state index in [0.717, 1.165) is 15.7 Å². The number of aliphatic hydroxyl groups is 1. The molecule has 2 aromatic carbocycles. The number of benzene rings is 2. The molecule has 0 saturated heterocycles. The average Bonchev–Trinajstić information content (AvgIpc) is 2.91. The number of nitrogens with zero attached hydrogens (tertiary/aromatic N) is 1. The van der Waals surface area contributed by atoms with Crippen LogP contribution in [0.25, 0.3) is 10.8 Å². The zero-order chi connectivity index (χ0) is 30.9. The van der Waals surface area contributed by atoms with Gasteiger partial charge in [0.15, 0.2) is 5.78 Å². The molecule has 0 radical (unpaired) electrons. The molecule has 10 heteroatoms. The number of aliphatic hydroxyl groups excluding tert-OH is 1. The normalized spacial score (nSPS) is 15.2. The van der Waals surface area contributed by atoms with Gasteiger partial charge in [0.25, 0.3) is 0 Å². The first-order valence-electron chi connectivity index (χ1n) is 13.9. The Balaban J connectivity index is 2.20. The summed E-state index contributed by atoms with van der Waals surface area (Å²) in [6, 6.07) is 11.0. The van der Waals surface area contributed by atoms with Crippen LogP contribution in [0.4, 0.5) is 10.5 Å². The molecule has 0 aliphatic carbocycles. The zero-order valence-electron chi connectivity index (χ0n) is 25.4. The fourth-order valence-corrected chi connectivity index (χ4v) is 4.23. The van der Waals surface area contributed by atoms with Crippen LogP contribution in [0.3, 0.4) is 0 Å². The number of ketones is 1. The molecule has 0 aromatic heterocycles. The molecule has 0 aliphatic rings. The minimum absolute atomic E-state index is 0.130. The number of Topliss-reactive ketones (excluding diaryl/α,β-unsaturated/α-hetero) is 1. The number of methoxy groups -OCH3 is 1. The van der Waals surface area contributed by atoms with Crippen LogP contribution in [-0.2, 0) is 23.9 Å². The first-order valence-corrected chi connectivity index (χ1v) is 13.9. The zero-order valence-corrected chi connectivity index (χ0v) is 25.4. The molecule has 0 heterocycles. The molecular weight excluding hydrogens is 526 g/mol. The smallest absolute Gasteiger partial charge is 0.410 e. The number of anilines is 1. The summed E-state index contributed by atoms with van der Waals surface area (Å²) in [6.07, 6.45) is -1.38. The lowest BCUT2D eigenvalue weighted by Gasteiger charge is -2.30. The summed E-state index contributed by atoms with van der Waals surface area (Å²) in [6.45, 7) is 9.91. The Morgan fingerprint density at radius 1 is 0.951 bits per heavy atom. The first kappa shape index (κ1) is 33.7. The molecule has 5 atom stereocenters. The van der Waals surface area contributed by atoms with Crippen molar-refractivity contribution in [2.75, 3.05) is 19.5 Å². The van der Waals surface area contributed by atoms with Gasteiger partial charge in [-0.1, -0.05) is 36.4 Å². The van der Waals surface area contributed by atoms with Crippen LogP contribution in [0.5, 0.6) is 0 Å². The lowest BCUT2D eigenvalue weighted by Crippen LogP contribution is -2.55. The van der Waals surface area contributed by atoms with Gasteiger partial charge in [0, 0.05) is 37.6 Å². The number of carbonyl (C=O) groups is 4. The van der Waals surface area contributed by atoms with E-state index in [1.165, 1.54) is 20.9 Å². The van der Waals surface area contributed by atoms with Crippen molar-refractivity contribution in [2.24, 2.45) is 5.92 Å². The predicted octanol–water partition coefficient (Wildman–Crippen LogP) is 4.29. The van der Waals surface area contributed by atoms with Gasteiger partial charge >= 0.3 is 6.09 Å². The highest BCUT2D eigenvalue weighted by Gasteiger charge is 2.34. The van der Waals surface area contributed by atoms with Crippen molar-refractivity contribution in [3.05, 3.63) is 42.5 Å². The first-order chi connectivity index (χ1) is 19.1. The molecule has 2 aromatic rings. The Morgan fingerprint density at radius 3 is 2.20 bits per heavy atom. The van der Waals surface area contributed by atoms with E-state index in [-0.39, 0.29) is 18.4 Å². The number of likely N-dealkylation sites (N-methyl/N-ethyl adjacent to an activating group) is 1. The second kappa shape index (κ2) is 14.9. The van der Waals surface area contributed by atoms with E-state index in [0.29, 0.717) is 18.5 Å². The van der Waals surface area contributed by atoms with E-state index >= 15 is 0 Å². The Morgan fingerprint density at radius 2 is 1.59 bits per heavy atom. The number of hydrogen-bond acceptors (Lipinski definition) is 7. The predicted molar refractivity (Wildman–Crippen MR) is 158 cm³/mol. The number of rotatable bonds is 13. The molecular formula is C31H45N3O7. The molecule has 0 saturated carbocycles. The van der Waals surface area contributed by atoms with E-state index in [2.05, 4.69) is 10.6 Å². The van der Waals surface area contributed by atoms with Gasteiger partial charge in [0.2, 0.25) is 11.8 Å². The SMILES string of the molecule is COC(C)CCC(CC(=O)[C@@H](NC(=O)[C@H](C)N(C)C(=O)OC(C)(C)C)[C@H](C)O)C(=O)Nc1cccc2ccccc12. The van der Waals surface area contributed by atoms with Crippen molar-refractivity contribution in [3.63, 3.8) is 0 Å². The number of amides is 3. The third-order valence-corrected chi connectivity index (χ3v) is 6.96. The van der Waals surface area contributed by atoms with Gasteiger partial charge in [-0.15, -0.1) is 0 Å². The minimum Gasteiger partial charge on any atom is -0.444 e. The van der Waals surface area contributed by atoms with Crippen LogP contribution in [0.1, 0.15) is 60.8 Å². The maximum atomic E-state index is 13.5. The second-order valence-corrected chi connectivity index (χ2v) is 11.5. The van der Waals surface area contributed by atoms with Gasteiger partial charge in [0.05, 0.1) is 12.2 Å². The molecule has 2 unspecified atom stereocenters. The highest BCUT2D eigenvalue weighted by atomic mass is 16.6. The average molecular weight is 572 g/mol. The van der Waals surface area contributed by atoms with E-state index in [4.69, 9.17) is 9.47 Å². The maximum Gasteiger partial charge on any atom is 0.410 e. The molecule has 0 spiro atoms. The quantitative estimate of drug-likeness (QED) is 0.327. The van der Waals surface area contributed by atoms with Crippen molar-refractivity contribution in [1.82, 2.24) is 10.2 Å². The Hall–Kier alpha value is -3.50. The fraction of sp³-hybridized carbons (Fsp3) is 0.548. The molecule has 3 N–H and O–H groups in total. The summed E-state index contributed by atoms with van der Waals surface area (Å²) in [5.74, 6) is -2.21. The summed E-state index contributed by atoms with van der Waals surface area (Å²) in [7, 11) is 3.00. The number of carbonyl (C=O) groups excluding carboxylic acids is 4. The maximum absolute atomic E-state index is 13.5. The molecule has 41 heavy (non-hydrogen) atoms. The van der Waals surface area contributed by atoms with Crippen LogP contribution in [-0.4, -0.2) is 77.7 Å². The molecule has 0 fully saturated rings. The second-order valence-electron chi connectivity index (χ2n) is 11.5. The fourth-order valence-electron chi connectivity index (χ4n) is 4.23. The Kier molecular flexibility index (Phi) is 12.3. The van der Waals surface area contributed by atoms with Gasteiger partial charge < -0.3 is 25.2 Å². The number of nitrogens with one attached hydrogen (secondary N) is 2. The minimum atomic E-state index is -1.27. The van der Waals surface area contributed by atoms with Crippen LogP contribution < -0.4 is 10.6 Å². The van der Waals surface area contributed by atoms with E-state index < -0.39 is 47.5 Å². The molecule has 2 rings (SSSR count). The van der Waals surface area contributed by atoms with Crippen LogP contribution in [0, 0.1) is 5.92 Å². The molecule has 0 aliphatic heterocycles. The standard InChI is InChI=1S/C31H45N3O7/c1-19(40-8)16-17-23(29(38)32-25-15-11-13-22-12-9-10-14-24(22)25)18-26(36)27(21(3)35)33-28(37)20(2)34(7)30(39)41-31(4,5)6/h9-15,19-21,23,27,35H,16-18H2,1-8H3,(H,32,38)(H,33,37)/t19?,20-,21-,23?,27-/m0/s1. The van der Waals surface area contributed by atoms with Crippen LogP contribution in [0.15, 0.2) is 42.5 Å². The van der Waals surface area contributed by atoms with Crippen molar-refractivity contribution in [1.29, 1.82) is 0 Å². The topological polar surface area (TPSA) is 134 Å². The molecule has 226 valence electrons. The molecule has 0 bridgehead atoms. The van der Waals surface area contributed by atoms with Crippen molar-refractivity contribution >= 4 is 40.2 Å². The summed E-state index contributed by atoms with van der Waals surface area (Å²) in [5, 5.41) is 17.8. The largest absolute Gasteiger partial charge is 0.444 e. The molecule has 10 nitrogen and oxygen atoms in total. The van der Waals surface area contributed by atoms with Crippen molar-refractivity contribution < 1.29 is 33.8 Å². The van der Waals surface area contributed by atoms with Crippen molar-refractivity contribution in [2.45, 2.75) is 90.7 Å². The Bertz CT molecular complexity index is 1200. The van der Waals surface area contributed by atoms with E-state index in [1.807, 2.05) is 43.3 Å². The van der Waals surface area contributed by atoms with Gasteiger partial charge in [-0.3, -0.25) is 19.3 Å². The highest BCUT2D eigenvalue weighted by Crippen LogP contribution is 2.25. The lowest BCUT2D eigenvalue weighted by molar-refractivity contribution is -0.134. The van der Waals surface area contributed by atoms with Crippen LogP contribution in [0.2, 0.25) is 0 Å². The monoisotopic (exact) mass is 571 g/mol. The van der Waals surface area contributed by atoms with Crippen molar-refractivity contribution in [3.8, 4) is 0 Å². The lowest BCUT2D eigenvalue weighted by atomic mass is 9.90. The van der Waals surface area contributed by atoms with Gasteiger partial charge in [-0.05, 0) is 65.8 Å². The number of fused-ring (bicyclic) bond motifs is 1. The summed E-state index contributed by atoms with van der Waals surface area (Å²) >= 11 is 0. The summed E-state index contributed by atoms with van der Waals surface area (Å²) < 4.78 is 10.7. The summed E-state index contributed by atoms with van der Waals surface area (Å²) in [5.41, 5.74) is -0.119. The summed E-state index contributed by atoms with van der Waals surface area (Å²) in [4.78, 5) is 53.4. The highest BCUT2D eigenvalue weighted by molar-refractivity contribution is 6.04. The number of ether oxygens (including phenoxy) is 2. The third-order valence-electron chi connectivity index (χ3n) is 6.96. The van der Waals surface area contributed by atoms with E-state index in [1.54, 1.807) is 33.9 Å². The van der Waals surface area contributed by atoms with E-state index in [9.17, 15) is 24.3 Å². The van der Waals surface area contributed by atoms with Crippen LogP contribution >= 0.6 is 0 Å². The Labute approximate surface area is 242 Å². The molecule has 3 amide bonds.